The molecule has 2 aromatic rings. The van der Waals surface area contributed by atoms with Crippen LogP contribution in [0.4, 0.5) is 0 Å². The summed E-state index contributed by atoms with van der Waals surface area (Å²) >= 11 is 0. The number of benzene rings is 1. The summed E-state index contributed by atoms with van der Waals surface area (Å²) in [7, 11) is 3.13. The third kappa shape index (κ3) is 3.77. The Morgan fingerprint density at radius 3 is 2.77 bits per heavy atom. The molecular formula is C20H19N5O6. The molecule has 160 valence electrons. The molecule has 2 aliphatic rings. The maximum Gasteiger partial charge on any atom is 0.277 e. The Morgan fingerprint density at radius 1 is 1.26 bits per heavy atom. The summed E-state index contributed by atoms with van der Waals surface area (Å²) in [5.74, 6) is -1.17. The molecule has 0 spiro atoms. The molecule has 1 unspecified atom stereocenters. The van der Waals surface area contributed by atoms with Crippen LogP contribution in [0.3, 0.4) is 0 Å². The van der Waals surface area contributed by atoms with Crippen LogP contribution in [0.15, 0.2) is 40.6 Å². The Morgan fingerprint density at radius 2 is 2.03 bits per heavy atom. The van der Waals surface area contributed by atoms with Crippen LogP contribution in [0.25, 0.3) is 11.4 Å². The lowest BCUT2D eigenvalue weighted by molar-refractivity contribution is -0.150. The highest BCUT2D eigenvalue weighted by Gasteiger charge is 2.43. The molecule has 4 rings (SSSR count). The van der Waals surface area contributed by atoms with Crippen molar-refractivity contribution in [2.45, 2.75) is 25.4 Å². The average molecular weight is 425 g/mol. The van der Waals surface area contributed by atoms with Crippen LogP contribution in [0.1, 0.15) is 18.7 Å². The summed E-state index contributed by atoms with van der Waals surface area (Å²) in [6.45, 7) is 0.0657. The first-order chi connectivity index (χ1) is 14.9. The van der Waals surface area contributed by atoms with Gasteiger partial charge >= 0.3 is 0 Å². The number of imide groups is 2. The first kappa shape index (κ1) is 20.3. The molecule has 1 fully saturated rings. The molecule has 3 heterocycles. The van der Waals surface area contributed by atoms with Crippen molar-refractivity contribution in [1.29, 1.82) is 0 Å². The normalized spacial score (nSPS) is 18.8. The quantitative estimate of drug-likeness (QED) is 0.645. The van der Waals surface area contributed by atoms with Crippen LogP contribution in [-0.2, 0) is 25.7 Å². The molecule has 1 aromatic heterocycles. The molecule has 11 nitrogen and oxygen atoms in total. The van der Waals surface area contributed by atoms with Crippen molar-refractivity contribution in [2.24, 2.45) is 0 Å². The number of hydrogen-bond donors (Lipinski definition) is 1. The van der Waals surface area contributed by atoms with Gasteiger partial charge in [-0.2, -0.15) is 4.98 Å². The van der Waals surface area contributed by atoms with E-state index in [1.807, 2.05) is 12.1 Å². The number of rotatable bonds is 6. The minimum absolute atomic E-state index is 0.0619. The monoisotopic (exact) mass is 425 g/mol. The van der Waals surface area contributed by atoms with Crippen LogP contribution in [0.2, 0.25) is 0 Å². The Balaban J connectivity index is 1.48. The van der Waals surface area contributed by atoms with Crippen LogP contribution >= 0.6 is 0 Å². The van der Waals surface area contributed by atoms with E-state index in [1.165, 1.54) is 12.0 Å². The standard InChI is InChI=1S/C20H19N5O6/c1-24(10-16-22-18(23-31-16)11-5-3-4-6-14(11)30-2)13-9-17(27)25(20(13)29)12-7-8-15(26)21-19(12)28/h3-6,9,12H,7-8,10H2,1-2H3,(H,21,26,28). The van der Waals surface area contributed by atoms with Crippen LogP contribution in [-0.4, -0.2) is 63.8 Å². The minimum atomic E-state index is -1.01. The van der Waals surface area contributed by atoms with E-state index in [-0.39, 0.29) is 31.0 Å². The molecule has 1 atom stereocenters. The predicted octanol–water partition coefficient (Wildman–Crippen LogP) is 0.235. The number of likely N-dealkylation sites (N-methyl/N-ethyl adjacent to an activating group) is 1. The molecule has 1 saturated heterocycles. The molecule has 31 heavy (non-hydrogen) atoms. The fraction of sp³-hybridized carbons (Fsp3) is 0.300. The Kier molecular flexibility index (Phi) is 5.24. The molecular weight excluding hydrogens is 406 g/mol. The van der Waals surface area contributed by atoms with Gasteiger partial charge in [-0.05, 0) is 18.6 Å². The van der Waals surface area contributed by atoms with Crippen LogP contribution in [0, 0.1) is 0 Å². The number of nitrogens with one attached hydrogen (secondary N) is 1. The predicted molar refractivity (Wildman–Crippen MR) is 104 cm³/mol. The second kappa shape index (κ2) is 8.01. The van der Waals surface area contributed by atoms with Gasteiger partial charge in [-0.15, -0.1) is 0 Å². The summed E-state index contributed by atoms with van der Waals surface area (Å²) in [6.07, 6.45) is 1.31. The number of para-hydroxylation sites is 1. The van der Waals surface area contributed by atoms with Gasteiger partial charge in [0, 0.05) is 19.5 Å². The molecule has 0 bridgehead atoms. The first-order valence-electron chi connectivity index (χ1n) is 9.49. The van der Waals surface area contributed by atoms with Gasteiger partial charge in [0.2, 0.25) is 23.5 Å². The van der Waals surface area contributed by atoms with E-state index in [2.05, 4.69) is 15.5 Å². The second-order valence-corrected chi connectivity index (χ2v) is 7.08. The van der Waals surface area contributed by atoms with E-state index in [0.717, 1.165) is 11.0 Å². The number of amides is 4. The third-order valence-corrected chi connectivity index (χ3v) is 5.06. The number of carbonyl (C=O) groups excluding carboxylic acids is 4. The lowest BCUT2D eigenvalue weighted by Gasteiger charge is -2.29. The Hall–Kier alpha value is -4.02. The fourth-order valence-electron chi connectivity index (χ4n) is 3.51. The number of aromatic nitrogens is 2. The third-order valence-electron chi connectivity index (χ3n) is 5.06. The highest BCUT2D eigenvalue weighted by molar-refractivity contribution is 6.18. The van der Waals surface area contributed by atoms with Crippen molar-refractivity contribution >= 4 is 23.6 Å². The molecule has 4 amide bonds. The zero-order valence-electron chi connectivity index (χ0n) is 16.8. The Bertz CT molecular complexity index is 1110. The molecule has 0 aliphatic carbocycles. The van der Waals surface area contributed by atoms with Gasteiger partial charge in [-0.25, -0.2) is 0 Å². The smallest absolute Gasteiger partial charge is 0.277 e. The molecule has 2 aliphatic heterocycles. The van der Waals surface area contributed by atoms with Crippen molar-refractivity contribution < 1.29 is 28.4 Å². The van der Waals surface area contributed by atoms with Gasteiger partial charge in [0.15, 0.2) is 0 Å². The number of hydrogen-bond acceptors (Lipinski definition) is 9. The average Bonchev–Trinajstić information content (AvgIpc) is 3.32. The maximum atomic E-state index is 12.8. The van der Waals surface area contributed by atoms with Gasteiger partial charge in [-0.1, -0.05) is 17.3 Å². The largest absolute Gasteiger partial charge is 0.496 e. The van der Waals surface area contributed by atoms with Crippen molar-refractivity contribution in [3.8, 4) is 17.1 Å². The molecule has 1 N–H and O–H groups in total. The molecule has 0 saturated carbocycles. The lowest BCUT2D eigenvalue weighted by atomic mass is 10.0. The zero-order chi connectivity index (χ0) is 22.1. The number of piperidine rings is 1. The van der Waals surface area contributed by atoms with E-state index < -0.39 is 29.7 Å². The van der Waals surface area contributed by atoms with Crippen molar-refractivity contribution in [3.63, 3.8) is 0 Å². The lowest BCUT2D eigenvalue weighted by Crippen LogP contribution is -2.54. The molecule has 0 radical (unpaired) electrons. The number of nitrogens with zero attached hydrogens (tertiary/aromatic N) is 4. The van der Waals surface area contributed by atoms with Crippen molar-refractivity contribution in [3.05, 3.63) is 41.9 Å². The zero-order valence-corrected chi connectivity index (χ0v) is 16.8. The maximum absolute atomic E-state index is 12.8. The van der Waals surface area contributed by atoms with E-state index in [9.17, 15) is 19.2 Å². The van der Waals surface area contributed by atoms with Crippen LogP contribution < -0.4 is 10.1 Å². The molecule has 1 aromatic carbocycles. The summed E-state index contributed by atoms with van der Waals surface area (Å²) in [4.78, 5) is 55.4. The van der Waals surface area contributed by atoms with Crippen LogP contribution in [0.5, 0.6) is 5.75 Å². The summed E-state index contributed by atoms with van der Waals surface area (Å²) in [6, 6.07) is 6.18. The number of ether oxygens (including phenoxy) is 1. The van der Waals surface area contributed by atoms with Gasteiger partial charge < -0.3 is 14.2 Å². The van der Waals surface area contributed by atoms with Gasteiger partial charge in [-0.3, -0.25) is 29.4 Å². The van der Waals surface area contributed by atoms with Crippen molar-refractivity contribution in [2.75, 3.05) is 14.2 Å². The summed E-state index contributed by atoms with van der Waals surface area (Å²) < 4.78 is 10.6. The van der Waals surface area contributed by atoms with Gasteiger partial charge in [0.05, 0.1) is 19.2 Å². The number of carbonyl (C=O) groups is 4. The summed E-state index contributed by atoms with van der Waals surface area (Å²) in [5.41, 5.74) is 0.741. The first-order valence-corrected chi connectivity index (χ1v) is 9.49. The van der Waals surface area contributed by atoms with Gasteiger partial charge in [0.1, 0.15) is 17.5 Å². The minimum Gasteiger partial charge on any atom is -0.496 e. The second-order valence-electron chi connectivity index (χ2n) is 7.08. The highest BCUT2D eigenvalue weighted by Crippen LogP contribution is 2.28. The topological polar surface area (TPSA) is 135 Å². The van der Waals surface area contributed by atoms with Crippen molar-refractivity contribution in [1.82, 2.24) is 25.3 Å². The van der Waals surface area contributed by atoms with E-state index in [0.29, 0.717) is 17.1 Å². The Labute approximate surface area is 176 Å². The molecule has 11 heteroatoms. The van der Waals surface area contributed by atoms with E-state index in [4.69, 9.17) is 9.26 Å². The number of methoxy groups -OCH3 is 1. The fourth-order valence-corrected chi connectivity index (χ4v) is 3.51. The summed E-state index contributed by atoms with van der Waals surface area (Å²) in [5, 5.41) is 6.11. The van der Waals surface area contributed by atoms with Gasteiger partial charge in [0.25, 0.3) is 11.8 Å². The SMILES string of the molecule is COc1ccccc1-c1noc(CN(C)C2=CC(=O)N(C3CCC(=O)NC3=O)C2=O)n1. The highest BCUT2D eigenvalue weighted by atomic mass is 16.5. The van der Waals surface area contributed by atoms with E-state index in [1.54, 1.807) is 19.2 Å². The van der Waals surface area contributed by atoms with E-state index >= 15 is 0 Å².